The van der Waals surface area contributed by atoms with Crippen LogP contribution in [0.5, 0.6) is 5.75 Å². The van der Waals surface area contributed by atoms with Crippen LogP contribution in [0.2, 0.25) is 0 Å². The van der Waals surface area contributed by atoms with Crippen molar-refractivity contribution in [3.63, 3.8) is 0 Å². The van der Waals surface area contributed by atoms with Gasteiger partial charge in [-0.3, -0.25) is 4.79 Å². The SMILES string of the molecule is COc1cccc(N)c1C(=O)N(C)C(C)CO. The Bertz CT molecular complexity index is 407. The van der Waals surface area contributed by atoms with E-state index in [4.69, 9.17) is 15.6 Å². The van der Waals surface area contributed by atoms with E-state index in [1.54, 1.807) is 32.2 Å². The molecule has 1 atom stereocenters. The number of anilines is 1. The molecule has 1 aromatic carbocycles. The van der Waals surface area contributed by atoms with Crippen LogP contribution in [0.3, 0.4) is 0 Å². The molecule has 1 aromatic rings. The van der Waals surface area contributed by atoms with Crippen LogP contribution in [0.4, 0.5) is 5.69 Å². The van der Waals surface area contributed by atoms with E-state index in [9.17, 15) is 4.79 Å². The van der Waals surface area contributed by atoms with Gasteiger partial charge in [0.05, 0.1) is 19.8 Å². The second kappa shape index (κ2) is 5.54. The highest BCUT2D eigenvalue weighted by Gasteiger charge is 2.22. The van der Waals surface area contributed by atoms with Crippen LogP contribution in [0.15, 0.2) is 18.2 Å². The molecule has 0 fully saturated rings. The van der Waals surface area contributed by atoms with Gasteiger partial charge in [-0.25, -0.2) is 0 Å². The molecule has 94 valence electrons. The lowest BCUT2D eigenvalue weighted by Crippen LogP contribution is -2.37. The maximum atomic E-state index is 12.2. The number of amides is 1. The quantitative estimate of drug-likeness (QED) is 0.758. The first-order valence-corrected chi connectivity index (χ1v) is 5.33. The van der Waals surface area contributed by atoms with E-state index in [0.717, 1.165) is 0 Å². The van der Waals surface area contributed by atoms with Gasteiger partial charge < -0.3 is 20.5 Å². The van der Waals surface area contributed by atoms with Crippen molar-refractivity contribution in [2.75, 3.05) is 26.5 Å². The molecule has 1 unspecified atom stereocenters. The normalized spacial score (nSPS) is 12.0. The number of carbonyl (C=O) groups is 1. The second-order valence-electron chi connectivity index (χ2n) is 3.87. The summed E-state index contributed by atoms with van der Waals surface area (Å²) < 4.78 is 5.12. The highest BCUT2D eigenvalue weighted by atomic mass is 16.5. The number of rotatable bonds is 4. The Morgan fingerprint density at radius 2 is 2.24 bits per heavy atom. The van der Waals surface area contributed by atoms with Crippen LogP contribution in [-0.2, 0) is 0 Å². The maximum absolute atomic E-state index is 12.2. The van der Waals surface area contributed by atoms with E-state index in [1.165, 1.54) is 12.0 Å². The molecule has 1 rings (SSSR count). The Kier molecular flexibility index (Phi) is 4.34. The summed E-state index contributed by atoms with van der Waals surface area (Å²) in [5.41, 5.74) is 6.49. The third kappa shape index (κ3) is 2.68. The average molecular weight is 238 g/mol. The number of aliphatic hydroxyl groups excluding tert-OH is 1. The lowest BCUT2D eigenvalue weighted by molar-refractivity contribution is 0.0680. The zero-order valence-corrected chi connectivity index (χ0v) is 10.3. The summed E-state index contributed by atoms with van der Waals surface area (Å²) >= 11 is 0. The molecule has 5 nitrogen and oxygen atoms in total. The molecular weight excluding hydrogens is 220 g/mol. The highest BCUT2D eigenvalue weighted by Crippen LogP contribution is 2.25. The fourth-order valence-electron chi connectivity index (χ4n) is 1.45. The van der Waals surface area contributed by atoms with Gasteiger partial charge in [0.1, 0.15) is 11.3 Å². The number of aliphatic hydroxyl groups is 1. The van der Waals surface area contributed by atoms with Crippen LogP contribution in [-0.4, -0.2) is 42.7 Å². The molecular formula is C12H18N2O3. The predicted molar refractivity (Wildman–Crippen MR) is 66.0 cm³/mol. The van der Waals surface area contributed by atoms with Gasteiger partial charge in [-0.05, 0) is 19.1 Å². The van der Waals surface area contributed by atoms with E-state index >= 15 is 0 Å². The third-order valence-electron chi connectivity index (χ3n) is 2.74. The topological polar surface area (TPSA) is 75.8 Å². The lowest BCUT2D eigenvalue weighted by Gasteiger charge is -2.24. The van der Waals surface area contributed by atoms with E-state index in [-0.39, 0.29) is 18.6 Å². The summed E-state index contributed by atoms with van der Waals surface area (Å²) in [4.78, 5) is 13.6. The Labute approximate surface area is 101 Å². The van der Waals surface area contributed by atoms with Crippen LogP contribution in [0.25, 0.3) is 0 Å². The second-order valence-corrected chi connectivity index (χ2v) is 3.87. The molecule has 0 spiro atoms. The number of nitrogens with two attached hydrogens (primary N) is 1. The minimum Gasteiger partial charge on any atom is -0.496 e. The van der Waals surface area contributed by atoms with Crippen molar-refractivity contribution in [3.05, 3.63) is 23.8 Å². The summed E-state index contributed by atoms with van der Waals surface area (Å²) in [5, 5.41) is 9.04. The summed E-state index contributed by atoms with van der Waals surface area (Å²) in [7, 11) is 3.11. The van der Waals surface area contributed by atoms with Crippen LogP contribution < -0.4 is 10.5 Å². The van der Waals surface area contributed by atoms with Crippen molar-refractivity contribution in [1.82, 2.24) is 4.90 Å². The fraction of sp³-hybridized carbons (Fsp3) is 0.417. The summed E-state index contributed by atoms with van der Waals surface area (Å²) in [6.45, 7) is 1.65. The first kappa shape index (κ1) is 13.3. The molecule has 5 heteroatoms. The van der Waals surface area contributed by atoms with Crippen LogP contribution in [0.1, 0.15) is 17.3 Å². The minimum absolute atomic E-state index is 0.0999. The number of likely N-dealkylation sites (N-methyl/N-ethyl adjacent to an activating group) is 1. The van der Waals surface area contributed by atoms with Crippen molar-refractivity contribution in [3.8, 4) is 5.75 Å². The van der Waals surface area contributed by atoms with Crippen molar-refractivity contribution in [1.29, 1.82) is 0 Å². The number of ether oxygens (including phenoxy) is 1. The van der Waals surface area contributed by atoms with Crippen LogP contribution in [0, 0.1) is 0 Å². The molecule has 0 aliphatic rings. The molecule has 0 saturated heterocycles. The van der Waals surface area contributed by atoms with Crippen molar-refractivity contribution < 1.29 is 14.6 Å². The third-order valence-corrected chi connectivity index (χ3v) is 2.74. The van der Waals surface area contributed by atoms with Crippen molar-refractivity contribution >= 4 is 11.6 Å². The number of hydrogen-bond acceptors (Lipinski definition) is 4. The fourth-order valence-corrected chi connectivity index (χ4v) is 1.45. The Hall–Kier alpha value is -1.75. The van der Waals surface area contributed by atoms with Gasteiger partial charge in [0.15, 0.2) is 0 Å². The van der Waals surface area contributed by atoms with Gasteiger partial charge in [-0.2, -0.15) is 0 Å². The Balaban J connectivity index is 3.11. The van der Waals surface area contributed by atoms with Gasteiger partial charge in [0.2, 0.25) is 0 Å². The van der Waals surface area contributed by atoms with Gasteiger partial charge >= 0.3 is 0 Å². The molecule has 0 aliphatic heterocycles. The molecule has 0 radical (unpaired) electrons. The monoisotopic (exact) mass is 238 g/mol. The largest absolute Gasteiger partial charge is 0.496 e. The van der Waals surface area contributed by atoms with Gasteiger partial charge in [0.25, 0.3) is 5.91 Å². The van der Waals surface area contributed by atoms with Crippen LogP contribution >= 0.6 is 0 Å². The standard InChI is InChI=1S/C12H18N2O3/c1-8(7-15)14(2)12(16)11-9(13)5-4-6-10(11)17-3/h4-6,8,15H,7,13H2,1-3H3. The number of carbonyl (C=O) groups excluding carboxylic acids is 1. The summed E-state index contributed by atoms with van der Waals surface area (Å²) in [6, 6.07) is 4.78. The number of hydrogen-bond donors (Lipinski definition) is 2. The smallest absolute Gasteiger partial charge is 0.259 e. The summed E-state index contributed by atoms with van der Waals surface area (Å²) in [6.07, 6.45) is 0. The zero-order valence-electron chi connectivity index (χ0n) is 10.3. The van der Waals surface area contributed by atoms with Gasteiger partial charge in [0, 0.05) is 12.7 Å². The molecule has 0 bridgehead atoms. The van der Waals surface area contributed by atoms with Gasteiger partial charge in [-0.1, -0.05) is 6.07 Å². The number of methoxy groups -OCH3 is 1. The van der Waals surface area contributed by atoms with E-state index in [1.807, 2.05) is 0 Å². The predicted octanol–water partition coefficient (Wildman–Crippen LogP) is 0.730. The van der Waals surface area contributed by atoms with E-state index < -0.39 is 0 Å². The van der Waals surface area contributed by atoms with Crippen molar-refractivity contribution in [2.24, 2.45) is 0 Å². The first-order chi connectivity index (χ1) is 8.02. The van der Waals surface area contributed by atoms with E-state index in [0.29, 0.717) is 17.0 Å². The van der Waals surface area contributed by atoms with Gasteiger partial charge in [-0.15, -0.1) is 0 Å². The first-order valence-electron chi connectivity index (χ1n) is 5.33. The maximum Gasteiger partial charge on any atom is 0.259 e. The Morgan fingerprint density at radius 1 is 1.59 bits per heavy atom. The molecule has 0 aliphatic carbocycles. The molecule has 0 aromatic heterocycles. The molecule has 17 heavy (non-hydrogen) atoms. The molecule has 1 amide bonds. The highest BCUT2D eigenvalue weighted by molar-refractivity contribution is 6.01. The zero-order chi connectivity index (χ0) is 13.0. The minimum atomic E-state index is -0.271. The summed E-state index contributed by atoms with van der Waals surface area (Å²) in [5.74, 6) is 0.175. The number of nitrogen functional groups attached to an aromatic ring is 1. The molecule has 3 N–H and O–H groups in total. The number of nitrogens with zero attached hydrogens (tertiary/aromatic N) is 1. The Morgan fingerprint density at radius 3 is 2.76 bits per heavy atom. The van der Waals surface area contributed by atoms with E-state index in [2.05, 4.69) is 0 Å². The molecule has 0 saturated carbocycles. The molecule has 0 heterocycles. The van der Waals surface area contributed by atoms with Crippen molar-refractivity contribution in [2.45, 2.75) is 13.0 Å². The average Bonchev–Trinajstić information content (AvgIpc) is 2.35. The number of benzene rings is 1. The lowest BCUT2D eigenvalue weighted by atomic mass is 10.1.